The van der Waals surface area contributed by atoms with E-state index in [4.69, 9.17) is 23.1 Å². The predicted octanol–water partition coefficient (Wildman–Crippen LogP) is 2.59. The number of rotatable bonds is 3. The zero-order chi connectivity index (χ0) is 16.9. The molecule has 0 aromatic heterocycles. The molecule has 0 aliphatic rings. The van der Waals surface area contributed by atoms with Crippen molar-refractivity contribution in [3.05, 3.63) is 99.9 Å². The van der Waals surface area contributed by atoms with Crippen LogP contribution in [0.3, 0.4) is 0 Å². The van der Waals surface area contributed by atoms with E-state index in [1.54, 1.807) is 0 Å². The molecule has 3 aromatic rings. The minimum Gasteiger partial charge on any atom is -0.398 e. The van der Waals surface area contributed by atoms with Crippen LogP contribution in [0.4, 0.5) is 5.69 Å². The highest BCUT2D eigenvalue weighted by Gasteiger charge is 2.01. The molecule has 0 radical (unpaired) electrons. The van der Waals surface area contributed by atoms with Crippen LogP contribution in [-0.4, -0.2) is 0 Å². The van der Waals surface area contributed by atoms with Gasteiger partial charge in [-0.05, 0) is 23.8 Å². The Kier molecular flexibility index (Phi) is 4.73. The summed E-state index contributed by atoms with van der Waals surface area (Å²) in [5.74, 6) is 0.520. The third kappa shape index (κ3) is 3.53. The molecule has 5 N–H and O–H groups in total. The van der Waals surface area contributed by atoms with Crippen LogP contribution in [0.5, 0.6) is 0 Å². The number of hydrogen-bond donors (Lipinski definition) is 3. The maximum absolute atomic E-state index is 6.37. The molecule has 0 saturated carbocycles. The van der Waals surface area contributed by atoms with Gasteiger partial charge in [0.15, 0.2) is 0 Å². The summed E-state index contributed by atoms with van der Waals surface area (Å²) in [6.45, 7) is 0. The Bertz CT molecular complexity index is 965. The smallest absolute Gasteiger partial charge is 0.109 e. The van der Waals surface area contributed by atoms with Crippen LogP contribution in [0, 0.1) is 0 Å². The molecular formula is C20H18ClN3. The van der Waals surface area contributed by atoms with Gasteiger partial charge in [-0.2, -0.15) is 0 Å². The van der Waals surface area contributed by atoms with E-state index in [0.717, 1.165) is 21.7 Å². The first kappa shape index (κ1) is 16.0. The average Bonchev–Trinajstić information content (AvgIpc) is 2.62. The van der Waals surface area contributed by atoms with Crippen molar-refractivity contribution in [1.82, 2.24) is 0 Å². The second-order valence-electron chi connectivity index (χ2n) is 5.37. The summed E-state index contributed by atoms with van der Waals surface area (Å²) in [7, 11) is 0. The van der Waals surface area contributed by atoms with Crippen LogP contribution >= 0.6 is 11.6 Å². The van der Waals surface area contributed by atoms with E-state index in [2.05, 4.69) is 5.32 Å². The van der Waals surface area contributed by atoms with Gasteiger partial charge in [0.2, 0.25) is 0 Å². The largest absolute Gasteiger partial charge is 0.398 e. The standard InChI is InChI=1S/C20H18ClN3/c21-15-9-6-10-16(13-15)24-20(23)18-12-5-4-11-17(18)19(22)14-7-2-1-3-8-14/h1-13,24H,22-23H2/b19-17-,20-18+. The molecule has 0 saturated heterocycles. The van der Waals surface area contributed by atoms with Gasteiger partial charge < -0.3 is 16.8 Å². The van der Waals surface area contributed by atoms with Gasteiger partial charge in [-0.3, -0.25) is 0 Å². The number of anilines is 1. The zero-order valence-electron chi connectivity index (χ0n) is 13.0. The molecule has 0 bridgehead atoms. The average molecular weight is 336 g/mol. The van der Waals surface area contributed by atoms with Crippen LogP contribution in [0.15, 0.2) is 78.9 Å². The zero-order valence-corrected chi connectivity index (χ0v) is 13.8. The number of nitrogens with two attached hydrogens (primary N) is 2. The van der Waals surface area contributed by atoms with E-state index < -0.39 is 0 Å². The van der Waals surface area contributed by atoms with Gasteiger partial charge in [0.05, 0.1) is 0 Å². The normalized spacial score (nSPS) is 13.2. The summed E-state index contributed by atoms with van der Waals surface area (Å²) >= 11 is 6.02. The summed E-state index contributed by atoms with van der Waals surface area (Å²) in [6, 6.07) is 25.0. The van der Waals surface area contributed by atoms with Crippen molar-refractivity contribution in [3.8, 4) is 0 Å². The Morgan fingerprint density at radius 2 is 1.42 bits per heavy atom. The molecule has 0 spiro atoms. The summed E-state index contributed by atoms with van der Waals surface area (Å²) in [6.07, 6.45) is 0. The van der Waals surface area contributed by atoms with Crippen LogP contribution < -0.4 is 27.2 Å². The van der Waals surface area contributed by atoms with Crippen molar-refractivity contribution >= 4 is 28.8 Å². The third-order valence-corrected chi connectivity index (χ3v) is 3.93. The second-order valence-corrected chi connectivity index (χ2v) is 5.81. The molecule has 120 valence electrons. The van der Waals surface area contributed by atoms with Crippen LogP contribution in [0.1, 0.15) is 5.56 Å². The number of hydrogen-bond acceptors (Lipinski definition) is 3. The molecule has 0 amide bonds. The number of halogens is 1. The summed E-state index contributed by atoms with van der Waals surface area (Å²) < 4.78 is 0. The molecule has 0 heterocycles. The lowest BCUT2D eigenvalue weighted by atomic mass is 10.1. The quantitative estimate of drug-likeness (QED) is 0.689. The Morgan fingerprint density at radius 1 is 0.750 bits per heavy atom. The summed E-state index contributed by atoms with van der Waals surface area (Å²) in [5.41, 5.74) is 15.1. The summed E-state index contributed by atoms with van der Waals surface area (Å²) in [5, 5.41) is 5.57. The molecule has 0 aliphatic heterocycles. The molecule has 4 heteroatoms. The van der Waals surface area contributed by atoms with E-state index in [1.807, 2.05) is 78.9 Å². The third-order valence-electron chi connectivity index (χ3n) is 3.70. The van der Waals surface area contributed by atoms with E-state index in [0.29, 0.717) is 16.5 Å². The molecule has 0 fully saturated rings. The van der Waals surface area contributed by atoms with Crippen LogP contribution in [0.2, 0.25) is 5.02 Å². The fraction of sp³-hybridized carbons (Fsp3) is 0. The molecule has 3 aromatic carbocycles. The monoisotopic (exact) mass is 335 g/mol. The second kappa shape index (κ2) is 7.11. The minimum absolute atomic E-state index is 0.520. The maximum Gasteiger partial charge on any atom is 0.109 e. The van der Waals surface area contributed by atoms with Crippen LogP contribution in [0.25, 0.3) is 11.5 Å². The Morgan fingerprint density at radius 3 is 2.12 bits per heavy atom. The first-order chi connectivity index (χ1) is 11.6. The van der Waals surface area contributed by atoms with Gasteiger partial charge in [0.25, 0.3) is 0 Å². The first-order valence-electron chi connectivity index (χ1n) is 7.58. The Balaban J connectivity index is 2.15. The highest BCUT2D eigenvalue weighted by Crippen LogP contribution is 2.15. The van der Waals surface area contributed by atoms with E-state index in [-0.39, 0.29) is 0 Å². The molecule has 3 rings (SSSR count). The van der Waals surface area contributed by atoms with Crippen molar-refractivity contribution < 1.29 is 0 Å². The number of nitrogens with one attached hydrogen (secondary N) is 1. The fourth-order valence-electron chi connectivity index (χ4n) is 2.52. The first-order valence-corrected chi connectivity index (χ1v) is 7.95. The number of benzene rings is 3. The van der Waals surface area contributed by atoms with Crippen LogP contribution in [-0.2, 0) is 0 Å². The fourth-order valence-corrected chi connectivity index (χ4v) is 2.71. The van der Waals surface area contributed by atoms with Gasteiger partial charge >= 0.3 is 0 Å². The van der Waals surface area contributed by atoms with Gasteiger partial charge in [-0.1, -0.05) is 72.3 Å². The topological polar surface area (TPSA) is 64.1 Å². The lowest BCUT2D eigenvalue weighted by Crippen LogP contribution is -2.35. The van der Waals surface area contributed by atoms with E-state index >= 15 is 0 Å². The molecule has 0 unspecified atom stereocenters. The molecule has 24 heavy (non-hydrogen) atoms. The SMILES string of the molecule is N/C(c1ccccc1)=c1/cccc/c1=C(/N)Nc1cccc(Cl)c1. The van der Waals surface area contributed by atoms with E-state index in [9.17, 15) is 0 Å². The molecule has 0 atom stereocenters. The molecule has 0 aliphatic carbocycles. The highest BCUT2D eigenvalue weighted by atomic mass is 35.5. The van der Waals surface area contributed by atoms with Crippen molar-refractivity contribution in [2.45, 2.75) is 0 Å². The van der Waals surface area contributed by atoms with Gasteiger partial charge in [0, 0.05) is 26.8 Å². The lowest BCUT2D eigenvalue weighted by molar-refractivity contribution is 1.35. The van der Waals surface area contributed by atoms with Gasteiger partial charge in [-0.15, -0.1) is 0 Å². The highest BCUT2D eigenvalue weighted by molar-refractivity contribution is 6.30. The van der Waals surface area contributed by atoms with Crippen molar-refractivity contribution in [1.29, 1.82) is 0 Å². The lowest BCUT2D eigenvalue weighted by Gasteiger charge is -2.08. The molecule has 3 nitrogen and oxygen atoms in total. The maximum atomic E-state index is 6.37. The van der Waals surface area contributed by atoms with Crippen molar-refractivity contribution in [2.24, 2.45) is 11.5 Å². The van der Waals surface area contributed by atoms with Gasteiger partial charge in [-0.25, -0.2) is 0 Å². The molecular weight excluding hydrogens is 318 g/mol. The Labute approximate surface area is 145 Å². The summed E-state index contributed by atoms with van der Waals surface area (Å²) in [4.78, 5) is 0. The van der Waals surface area contributed by atoms with Crippen molar-refractivity contribution in [3.63, 3.8) is 0 Å². The van der Waals surface area contributed by atoms with E-state index in [1.165, 1.54) is 0 Å². The Hall–Kier alpha value is -2.91. The minimum atomic E-state index is 0.520. The van der Waals surface area contributed by atoms with Crippen molar-refractivity contribution in [2.75, 3.05) is 5.32 Å². The van der Waals surface area contributed by atoms with Gasteiger partial charge in [0.1, 0.15) is 5.82 Å². The predicted molar refractivity (Wildman–Crippen MR) is 102 cm³/mol.